The molecule has 1 aliphatic carbocycles. The van der Waals surface area contributed by atoms with Crippen LogP contribution in [-0.2, 0) is 17.6 Å². The van der Waals surface area contributed by atoms with Crippen molar-refractivity contribution in [3.63, 3.8) is 0 Å². The van der Waals surface area contributed by atoms with Gasteiger partial charge in [-0.05, 0) is 84.6 Å². The molecule has 0 unspecified atom stereocenters. The van der Waals surface area contributed by atoms with Crippen LogP contribution in [0.1, 0.15) is 48.3 Å². The topological polar surface area (TPSA) is 18.5 Å². The molecule has 1 fully saturated rings. The molecule has 0 aliphatic heterocycles. The summed E-state index contributed by atoms with van der Waals surface area (Å²) in [5.74, 6) is -3.80. The Balaban J connectivity index is 1.46. The molecule has 35 heavy (non-hydrogen) atoms. The lowest BCUT2D eigenvalue weighted by molar-refractivity contribution is -0.276. The van der Waals surface area contributed by atoms with Gasteiger partial charge in [-0.15, -0.1) is 13.2 Å². The van der Waals surface area contributed by atoms with E-state index in [1.54, 1.807) is 19.2 Å². The second-order valence-electron chi connectivity index (χ2n) is 9.13. The number of hydrogen-bond acceptors (Lipinski definition) is 2. The Bertz CT molecular complexity index is 1160. The van der Waals surface area contributed by atoms with Crippen molar-refractivity contribution in [2.75, 3.05) is 13.7 Å². The molecule has 1 aliphatic rings. The lowest BCUT2D eigenvalue weighted by atomic mass is 9.78. The minimum atomic E-state index is -5.21. The normalized spacial score (nSPS) is 18.7. The fourth-order valence-electron chi connectivity index (χ4n) is 4.95. The van der Waals surface area contributed by atoms with Crippen molar-refractivity contribution in [3.05, 3.63) is 76.6 Å². The van der Waals surface area contributed by atoms with Gasteiger partial charge < -0.3 is 9.47 Å². The number of aryl methyl sites for hydroxylation is 2. The molecule has 4 rings (SSSR count). The van der Waals surface area contributed by atoms with Crippen LogP contribution >= 0.6 is 0 Å². The third-order valence-electron chi connectivity index (χ3n) is 6.74. The molecule has 1 saturated carbocycles. The molecule has 2 nitrogen and oxygen atoms in total. The van der Waals surface area contributed by atoms with E-state index in [-0.39, 0.29) is 18.4 Å². The summed E-state index contributed by atoms with van der Waals surface area (Å²) in [6.07, 6.45) is -0.680. The highest BCUT2D eigenvalue weighted by Crippen LogP contribution is 2.37. The molecule has 0 heterocycles. The molecule has 0 aromatic heterocycles. The van der Waals surface area contributed by atoms with Crippen LogP contribution < -0.4 is 4.74 Å². The number of hydrogen-bond donors (Lipinski definition) is 0. The summed E-state index contributed by atoms with van der Waals surface area (Å²) >= 11 is 0. The summed E-state index contributed by atoms with van der Waals surface area (Å²) < 4.78 is 88.7. The Morgan fingerprint density at radius 1 is 0.857 bits per heavy atom. The van der Waals surface area contributed by atoms with Crippen molar-refractivity contribution < 1.29 is 35.8 Å². The molecular formula is C27H26F6O2. The van der Waals surface area contributed by atoms with Gasteiger partial charge in [-0.1, -0.05) is 30.3 Å². The molecule has 0 spiro atoms. The van der Waals surface area contributed by atoms with Gasteiger partial charge in [0.25, 0.3) is 0 Å². The van der Waals surface area contributed by atoms with E-state index >= 15 is 4.39 Å². The number of alkyl halides is 3. The third-order valence-corrected chi connectivity index (χ3v) is 6.74. The summed E-state index contributed by atoms with van der Waals surface area (Å²) in [5.41, 5.74) is 1.66. The van der Waals surface area contributed by atoms with E-state index in [1.807, 2.05) is 18.2 Å². The van der Waals surface area contributed by atoms with Crippen LogP contribution in [-0.4, -0.2) is 20.1 Å². The highest BCUT2D eigenvalue weighted by molar-refractivity contribution is 5.84. The van der Waals surface area contributed by atoms with E-state index in [0.717, 1.165) is 49.8 Å². The molecule has 8 heteroatoms. The van der Waals surface area contributed by atoms with Gasteiger partial charge in [-0.3, -0.25) is 0 Å². The smallest absolute Gasteiger partial charge is 0.399 e. The second kappa shape index (κ2) is 10.5. The number of ether oxygens (including phenoxy) is 2. The van der Waals surface area contributed by atoms with E-state index in [0.29, 0.717) is 22.8 Å². The van der Waals surface area contributed by atoms with Gasteiger partial charge in [0.1, 0.15) is 5.82 Å². The van der Waals surface area contributed by atoms with E-state index in [2.05, 4.69) is 4.74 Å². The molecule has 3 aromatic carbocycles. The number of methoxy groups -OCH3 is 1. The molecule has 0 saturated heterocycles. The van der Waals surface area contributed by atoms with Gasteiger partial charge in [0, 0.05) is 19.1 Å². The van der Waals surface area contributed by atoms with Crippen molar-refractivity contribution in [2.45, 2.75) is 50.8 Å². The Hall–Kier alpha value is -2.74. The van der Waals surface area contributed by atoms with Gasteiger partial charge in [0.15, 0.2) is 11.6 Å². The third kappa shape index (κ3) is 6.10. The van der Waals surface area contributed by atoms with Crippen LogP contribution in [0.2, 0.25) is 0 Å². The average molecular weight is 496 g/mol. The highest BCUT2D eigenvalue weighted by Gasteiger charge is 2.34. The van der Waals surface area contributed by atoms with Crippen molar-refractivity contribution in [1.82, 2.24) is 0 Å². The molecule has 3 aromatic rings. The van der Waals surface area contributed by atoms with E-state index in [1.165, 1.54) is 5.56 Å². The fourth-order valence-corrected chi connectivity index (χ4v) is 4.95. The molecular weight excluding hydrogens is 470 g/mol. The largest absolute Gasteiger partial charge is 0.573 e. The highest BCUT2D eigenvalue weighted by atomic mass is 19.4. The monoisotopic (exact) mass is 496 g/mol. The quantitative estimate of drug-likeness (QED) is 0.310. The molecule has 188 valence electrons. The van der Waals surface area contributed by atoms with E-state index < -0.39 is 29.6 Å². The van der Waals surface area contributed by atoms with Gasteiger partial charge in [-0.25, -0.2) is 13.2 Å². The second-order valence-corrected chi connectivity index (χ2v) is 9.13. The van der Waals surface area contributed by atoms with Crippen molar-refractivity contribution in [3.8, 4) is 5.75 Å². The molecule has 0 bridgehead atoms. The zero-order valence-electron chi connectivity index (χ0n) is 19.2. The standard InChI is InChI=1S/C27H26F6O2/c1-34-15-16-2-5-18(6-3-16)20-10-11-22-21(14-20)9-8-19(25(22)30)7-4-17-12-23(28)26(24(29)13-17)35-27(31,32)33/h8-14,16,18H,2-7,15H2,1H3. The minimum absolute atomic E-state index is 0.0470. The first-order valence-electron chi connectivity index (χ1n) is 11.6. The summed E-state index contributed by atoms with van der Waals surface area (Å²) in [5, 5.41) is 1.25. The predicted molar refractivity (Wildman–Crippen MR) is 121 cm³/mol. The molecule has 0 N–H and O–H groups in total. The number of benzene rings is 3. The van der Waals surface area contributed by atoms with Crippen LogP contribution in [0, 0.1) is 23.4 Å². The Morgan fingerprint density at radius 3 is 2.17 bits per heavy atom. The maximum Gasteiger partial charge on any atom is 0.573 e. The van der Waals surface area contributed by atoms with E-state index in [4.69, 9.17) is 4.74 Å². The van der Waals surface area contributed by atoms with Gasteiger partial charge >= 0.3 is 6.36 Å². The van der Waals surface area contributed by atoms with Gasteiger partial charge in [0.05, 0.1) is 0 Å². The summed E-state index contributed by atoms with van der Waals surface area (Å²) in [6, 6.07) is 10.8. The van der Waals surface area contributed by atoms with Gasteiger partial charge in [0.2, 0.25) is 5.75 Å². The molecule has 0 atom stereocenters. The first-order chi connectivity index (χ1) is 16.6. The molecule has 0 amide bonds. The number of rotatable bonds is 7. The predicted octanol–water partition coefficient (Wildman–Crippen LogP) is 7.86. The molecule has 0 radical (unpaired) electrons. The van der Waals surface area contributed by atoms with Crippen molar-refractivity contribution in [1.29, 1.82) is 0 Å². The summed E-state index contributed by atoms with van der Waals surface area (Å²) in [4.78, 5) is 0. The zero-order valence-corrected chi connectivity index (χ0v) is 19.2. The number of halogens is 6. The Morgan fingerprint density at radius 2 is 1.54 bits per heavy atom. The van der Waals surface area contributed by atoms with Gasteiger partial charge in [-0.2, -0.15) is 0 Å². The van der Waals surface area contributed by atoms with Crippen LogP contribution in [0.5, 0.6) is 5.75 Å². The maximum absolute atomic E-state index is 15.2. The Labute approximate surface area is 199 Å². The average Bonchev–Trinajstić information content (AvgIpc) is 2.81. The van der Waals surface area contributed by atoms with Crippen LogP contribution in [0.25, 0.3) is 10.8 Å². The summed E-state index contributed by atoms with van der Waals surface area (Å²) in [7, 11) is 1.72. The van der Waals surface area contributed by atoms with Crippen LogP contribution in [0.4, 0.5) is 26.3 Å². The lowest BCUT2D eigenvalue weighted by Crippen LogP contribution is -2.19. The zero-order chi connectivity index (χ0) is 25.2. The van der Waals surface area contributed by atoms with E-state index in [9.17, 15) is 22.0 Å². The lowest BCUT2D eigenvalue weighted by Gasteiger charge is -2.28. The number of fused-ring (bicyclic) bond motifs is 1. The first-order valence-corrected chi connectivity index (χ1v) is 11.6. The summed E-state index contributed by atoms with van der Waals surface area (Å²) in [6.45, 7) is 0.781. The van der Waals surface area contributed by atoms with Crippen LogP contribution in [0.15, 0.2) is 42.5 Å². The van der Waals surface area contributed by atoms with Crippen molar-refractivity contribution >= 4 is 10.8 Å². The minimum Gasteiger partial charge on any atom is -0.399 e. The first kappa shape index (κ1) is 25.4. The SMILES string of the molecule is COCC1CCC(c2ccc3c(F)c(CCc4cc(F)c(OC(F)(F)F)c(F)c4)ccc3c2)CC1. The maximum atomic E-state index is 15.2. The Kier molecular flexibility index (Phi) is 7.59. The van der Waals surface area contributed by atoms with Crippen LogP contribution in [0.3, 0.4) is 0 Å². The van der Waals surface area contributed by atoms with Crippen molar-refractivity contribution in [2.24, 2.45) is 5.92 Å². The fraction of sp³-hybridized carbons (Fsp3) is 0.407.